The topological polar surface area (TPSA) is 51.2 Å². The number of rotatable bonds is 3. The number of pyridine rings is 1. The molecule has 21 heavy (non-hydrogen) atoms. The smallest absolute Gasteiger partial charge is 0.379 e. The van der Waals surface area contributed by atoms with Crippen LogP contribution < -0.4 is 10.3 Å². The van der Waals surface area contributed by atoms with Crippen molar-refractivity contribution in [3.05, 3.63) is 58.9 Å². The molecular weight excluding hydrogens is 309 g/mol. The maximum absolute atomic E-state index is 12.7. The Hall–Kier alpha value is -2.28. The summed E-state index contributed by atoms with van der Waals surface area (Å²) < 4.78 is 38.2. The molecule has 0 bridgehead atoms. The molecule has 0 aliphatic heterocycles. The molecule has 110 valence electrons. The van der Waals surface area contributed by atoms with E-state index >= 15 is 0 Å². The lowest BCUT2D eigenvalue weighted by Crippen LogP contribution is -2.28. The highest BCUT2D eigenvalue weighted by Gasteiger charge is 2.34. The second-order valence-electron chi connectivity index (χ2n) is 3.87. The minimum Gasteiger partial charge on any atom is -0.379 e. The predicted molar refractivity (Wildman–Crippen MR) is 68.8 cm³/mol. The molecule has 4 nitrogen and oxygen atoms in total. The fourth-order valence-corrected chi connectivity index (χ4v) is 1.71. The lowest BCUT2D eigenvalue weighted by molar-refractivity contribution is -0.139. The number of nitrogens with zero attached hydrogens (tertiary/aromatic N) is 1. The Morgan fingerprint density at radius 2 is 1.90 bits per heavy atom. The Bertz CT molecular complexity index is 662. The summed E-state index contributed by atoms with van der Waals surface area (Å²) in [7, 11) is 0. The van der Waals surface area contributed by atoms with E-state index in [-0.39, 0.29) is 10.7 Å². The SMILES string of the molecule is O=C(NOc1ccccc1C(F)(F)F)c1cccnc1Cl. The third-order valence-corrected chi connectivity index (χ3v) is 2.75. The molecule has 0 aliphatic carbocycles. The van der Waals surface area contributed by atoms with Gasteiger partial charge in [0.1, 0.15) is 10.7 Å². The predicted octanol–water partition coefficient (Wildman–Crippen LogP) is 3.48. The van der Waals surface area contributed by atoms with Crippen LogP contribution in [0.5, 0.6) is 5.75 Å². The highest BCUT2D eigenvalue weighted by Crippen LogP contribution is 2.35. The van der Waals surface area contributed by atoms with Crippen molar-refractivity contribution in [3.8, 4) is 5.75 Å². The molecule has 1 aromatic heterocycles. The van der Waals surface area contributed by atoms with Gasteiger partial charge in [0.2, 0.25) is 0 Å². The Kier molecular flexibility index (Phi) is 4.32. The van der Waals surface area contributed by atoms with Crippen molar-refractivity contribution in [1.82, 2.24) is 10.5 Å². The quantitative estimate of drug-likeness (QED) is 0.696. The van der Waals surface area contributed by atoms with Crippen LogP contribution in [0.1, 0.15) is 15.9 Å². The van der Waals surface area contributed by atoms with Crippen LogP contribution >= 0.6 is 11.6 Å². The lowest BCUT2D eigenvalue weighted by atomic mass is 10.2. The number of hydroxylamine groups is 1. The molecule has 2 aromatic rings. The highest BCUT2D eigenvalue weighted by atomic mass is 35.5. The Morgan fingerprint density at radius 3 is 2.57 bits per heavy atom. The number of para-hydroxylation sites is 1. The average molecular weight is 317 g/mol. The van der Waals surface area contributed by atoms with Crippen molar-refractivity contribution in [2.75, 3.05) is 0 Å². The van der Waals surface area contributed by atoms with Crippen molar-refractivity contribution >= 4 is 17.5 Å². The summed E-state index contributed by atoms with van der Waals surface area (Å²) in [4.78, 5) is 20.2. The standard InChI is InChI=1S/C13H8ClF3N2O2/c14-11-8(4-3-7-18-11)12(20)19-21-10-6-2-1-5-9(10)13(15,16)17/h1-7H,(H,19,20). The molecule has 1 heterocycles. The molecule has 1 aromatic carbocycles. The first-order valence-corrected chi connectivity index (χ1v) is 6.01. The van der Waals surface area contributed by atoms with Crippen molar-refractivity contribution in [3.63, 3.8) is 0 Å². The number of carbonyl (C=O) groups is 1. The van der Waals surface area contributed by atoms with Gasteiger partial charge in [0.25, 0.3) is 5.91 Å². The number of carbonyl (C=O) groups excluding carboxylic acids is 1. The van der Waals surface area contributed by atoms with Gasteiger partial charge in [-0.1, -0.05) is 23.7 Å². The largest absolute Gasteiger partial charge is 0.420 e. The van der Waals surface area contributed by atoms with E-state index in [0.29, 0.717) is 0 Å². The molecule has 1 N–H and O–H groups in total. The summed E-state index contributed by atoms with van der Waals surface area (Å²) in [6.07, 6.45) is -3.22. The van der Waals surface area contributed by atoms with Gasteiger partial charge in [0, 0.05) is 6.20 Å². The molecule has 0 saturated heterocycles. The number of hydrogen-bond acceptors (Lipinski definition) is 3. The summed E-state index contributed by atoms with van der Waals surface area (Å²) in [5.74, 6) is -1.32. The summed E-state index contributed by atoms with van der Waals surface area (Å²) in [6.45, 7) is 0. The van der Waals surface area contributed by atoms with E-state index in [1.165, 1.54) is 30.5 Å². The van der Waals surface area contributed by atoms with Gasteiger partial charge in [-0.3, -0.25) is 4.79 Å². The van der Waals surface area contributed by atoms with Gasteiger partial charge >= 0.3 is 6.18 Å². The van der Waals surface area contributed by atoms with Crippen LogP contribution in [0.15, 0.2) is 42.6 Å². The van der Waals surface area contributed by atoms with Crippen LogP contribution in [-0.4, -0.2) is 10.9 Å². The van der Waals surface area contributed by atoms with Gasteiger partial charge in [-0.15, -0.1) is 0 Å². The zero-order valence-corrected chi connectivity index (χ0v) is 11.1. The highest BCUT2D eigenvalue weighted by molar-refractivity contribution is 6.32. The van der Waals surface area contributed by atoms with E-state index in [9.17, 15) is 18.0 Å². The van der Waals surface area contributed by atoms with E-state index in [1.807, 2.05) is 5.48 Å². The van der Waals surface area contributed by atoms with Gasteiger partial charge in [-0.2, -0.15) is 18.7 Å². The second kappa shape index (κ2) is 6.01. The molecule has 0 unspecified atom stereocenters. The number of aromatic nitrogens is 1. The first-order chi connectivity index (χ1) is 9.89. The monoisotopic (exact) mass is 316 g/mol. The number of halogens is 4. The molecule has 0 aliphatic rings. The van der Waals surface area contributed by atoms with Gasteiger partial charge < -0.3 is 4.84 Å². The Morgan fingerprint density at radius 1 is 1.19 bits per heavy atom. The summed E-state index contributed by atoms with van der Waals surface area (Å²) in [5.41, 5.74) is 0.897. The molecule has 1 amide bonds. The molecule has 2 rings (SSSR count). The first kappa shape index (κ1) is 15.1. The fourth-order valence-electron chi connectivity index (χ4n) is 1.50. The minimum absolute atomic E-state index is 0.0105. The Balaban J connectivity index is 2.14. The maximum Gasteiger partial charge on any atom is 0.420 e. The molecule has 0 radical (unpaired) electrons. The summed E-state index contributed by atoms with van der Waals surface area (Å²) >= 11 is 5.70. The van der Waals surface area contributed by atoms with E-state index < -0.39 is 23.4 Å². The van der Waals surface area contributed by atoms with E-state index in [0.717, 1.165) is 12.1 Å². The number of alkyl halides is 3. The van der Waals surface area contributed by atoms with E-state index in [2.05, 4.69) is 4.98 Å². The van der Waals surface area contributed by atoms with Crippen LogP contribution in [0.25, 0.3) is 0 Å². The second-order valence-corrected chi connectivity index (χ2v) is 4.23. The van der Waals surface area contributed by atoms with E-state index in [1.54, 1.807) is 0 Å². The molecule has 0 spiro atoms. The van der Waals surface area contributed by atoms with Crippen molar-refractivity contribution in [1.29, 1.82) is 0 Å². The van der Waals surface area contributed by atoms with Crippen molar-refractivity contribution < 1.29 is 22.8 Å². The number of hydrogen-bond donors (Lipinski definition) is 1. The number of nitrogens with one attached hydrogen (secondary N) is 1. The zero-order valence-electron chi connectivity index (χ0n) is 10.3. The van der Waals surface area contributed by atoms with Gasteiger partial charge in [0.05, 0.1) is 5.56 Å². The zero-order chi connectivity index (χ0) is 15.5. The van der Waals surface area contributed by atoms with E-state index in [4.69, 9.17) is 16.4 Å². The first-order valence-electron chi connectivity index (χ1n) is 5.63. The van der Waals surface area contributed by atoms with Gasteiger partial charge in [-0.05, 0) is 24.3 Å². The number of benzene rings is 1. The van der Waals surface area contributed by atoms with Gasteiger partial charge in [-0.25, -0.2) is 4.98 Å². The lowest BCUT2D eigenvalue weighted by Gasteiger charge is -2.13. The van der Waals surface area contributed by atoms with Crippen LogP contribution in [0.3, 0.4) is 0 Å². The normalized spacial score (nSPS) is 11.0. The fraction of sp³-hybridized carbons (Fsp3) is 0.0769. The molecular formula is C13H8ClF3N2O2. The van der Waals surface area contributed by atoms with Crippen LogP contribution in [0.2, 0.25) is 5.15 Å². The minimum atomic E-state index is -4.59. The molecule has 0 atom stereocenters. The third-order valence-electron chi connectivity index (χ3n) is 2.45. The van der Waals surface area contributed by atoms with Crippen molar-refractivity contribution in [2.24, 2.45) is 0 Å². The maximum atomic E-state index is 12.7. The van der Waals surface area contributed by atoms with Gasteiger partial charge in [0.15, 0.2) is 5.75 Å². The third kappa shape index (κ3) is 3.63. The van der Waals surface area contributed by atoms with Crippen LogP contribution in [0, 0.1) is 0 Å². The summed E-state index contributed by atoms with van der Waals surface area (Å²) in [5, 5.41) is -0.0808. The molecule has 8 heteroatoms. The van der Waals surface area contributed by atoms with Crippen LogP contribution in [0.4, 0.5) is 13.2 Å². The summed E-state index contributed by atoms with van der Waals surface area (Å²) in [6, 6.07) is 7.34. The number of amides is 1. The van der Waals surface area contributed by atoms with Crippen molar-refractivity contribution in [2.45, 2.75) is 6.18 Å². The Labute approximate surface area is 122 Å². The molecule has 0 fully saturated rings. The molecule has 0 saturated carbocycles. The van der Waals surface area contributed by atoms with Crippen LogP contribution in [-0.2, 0) is 6.18 Å². The average Bonchev–Trinajstić information content (AvgIpc) is 2.44.